The van der Waals surface area contributed by atoms with E-state index in [2.05, 4.69) is 9.88 Å². The van der Waals surface area contributed by atoms with Crippen molar-refractivity contribution in [3.8, 4) is 5.75 Å². The summed E-state index contributed by atoms with van der Waals surface area (Å²) in [7, 11) is 1.59. The molecule has 4 rings (SSSR count). The summed E-state index contributed by atoms with van der Waals surface area (Å²) in [5.41, 5.74) is -0.0967. The van der Waals surface area contributed by atoms with Crippen molar-refractivity contribution in [1.82, 2.24) is 14.5 Å². The molecule has 1 aliphatic heterocycles. The number of carbonyl (C=O) groups is 1. The highest BCUT2D eigenvalue weighted by molar-refractivity contribution is 5.84. The number of carbonyl (C=O) groups excluding carboxylic acids is 1. The van der Waals surface area contributed by atoms with Crippen LogP contribution in [0.5, 0.6) is 5.75 Å². The van der Waals surface area contributed by atoms with E-state index in [0.717, 1.165) is 27.1 Å². The number of methoxy groups -OCH3 is 1. The molecule has 35 heavy (non-hydrogen) atoms. The lowest BCUT2D eigenvalue weighted by molar-refractivity contribution is -0.143. The van der Waals surface area contributed by atoms with E-state index in [-0.39, 0.29) is 11.0 Å². The molecular weight excluding hydrogens is 461 g/mol. The molecule has 186 valence electrons. The second kappa shape index (κ2) is 9.24. The van der Waals surface area contributed by atoms with Crippen molar-refractivity contribution < 1.29 is 22.7 Å². The average molecular weight is 489 g/mol. The summed E-state index contributed by atoms with van der Waals surface area (Å²) in [6, 6.07) is 9.60. The first kappa shape index (κ1) is 24.6. The van der Waals surface area contributed by atoms with Crippen molar-refractivity contribution >= 4 is 22.6 Å². The number of aryl methyl sites for hydroxylation is 2. The Hall–Kier alpha value is -3.56. The number of hydrogen-bond donors (Lipinski definition) is 0. The number of benzene rings is 2. The van der Waals surface area contributed by atoms with Gasteiger partial charge in [0.05, 0.1) is 18.1 Å². The minimum absolute atomic E-state index is 0.0301. The molecule has 0 radical (unpaired) electrons. The minimum atomic E-state index is -4.93. The van der Waals surface area contributed by atoms with Crippen molar-refractivity contribution in [2.75, 3.05) is 38.2 Å². The lowest BCUT2D eigenvalue weighted by atomic mass is 10.1. The highest BCUT2D eigenvalue weighted by Crippen LogP contribution is 2.29. The largest absolute Gasteiger partial charge is 0.497 e. The van der Waals surface area contributed by atoms with Gasteiger partial charge in [0.1, 0.15) is 11.8 Å². The van der Waals surface area contributed by atoms with Gasteiger partial charge in [0.2, 0.25) is 11.6 Å². The van der Waals surface area contributed by atoms with Crippen molar-refractivity contribution in [3.63, 3.8) is 0 Å². The van der Waals surface area contributed by atoms with Crippen LogP contribution in [0.15, 0.2) is 41.2 Å². The maximum Gasteiger partial charge on any atom is 0.438 e. The Morgan fingerprint density at radius 2 is 1.71 bits per heavy atom. The molecule has 1 atom stereocenters. The van der Waals surface area contributed by atoms with Crippen LogP contribution in [0, 0.1) is 13.8 Å². The lowest BCUT2D eigenvalue weighted by Crippen LogP contribution is -2.51. The molecule has 1 aliphatic rings. The third kappa shape index (κ3) is 4.69. The van der Waals surface area contributed by atoms with Gasteiger partial charge in [-0.15, -0.1) is 0 Å². The normalized spacial score (nSPS) is 15.4. The zero-order chi connectivity index (χ0) is 25.5. The molecule has 7 nitrogen and oxygen atoms in total. The second-order valence-electron chi connectivity index (χ2n) is 8.75. The van der Waals surface area contributed by atoms with Crippen LogP contribution in [-0.2, 0) is 11.0 Å². The number of rotatable bonds is 4. The van der Waals surface area contributed by atoms with Gasteiger partial charge in [-0.05, 0) is 56.2 Å². The van der Waals surface area contributed by atoms with Crippen LogP contribution in [0.2, 0.25) is 0 Å². The van der Waals surface area contributed by atoms with Gasteiger partial charge in [-0.3, -0.25) is 14.2 Å². The Balaban J connectivity index is 1.64. The van der Waals surface area contributed by atoms with E-state index in [0.29, 0.717) is 26.2 Å². The number of amides is 1. The molecule has 0 spiro atoms. The highest BCUT2D eigenvalue weighted by atomic mass is 19.4. The van der Waals surface area contributed by atoms with Crippen LogP contribution < -0.4 is 15.2 Å². The second-order valence-corrected chi connectivity index (χ2v) is 8.75. The molecule has 0 saturated carbocycles. The number of aromatic nitrogens is 2. The Morgan fingerprint density at radius 1 is 1.06 bits per heavy atom. The summed E-state index contributed by atoms with van der Waals surface area (Å²) in [5, 5.41) is 0. The van der Waals surface area contributed by atoms with E-state index in [1.54, 1.807) is 31.9 Å². The average Bonchev–Trinajstić information content (AvgIpc) is 2.83. The number of hydrogen-bond acceptors (Lipinski definition) is 5. The zero-order valence-electron chi connectivity index (χ0n) is 20.0. The Morgan fingerprint density at radius 3 is 2.34 bits per heavy atom. The first-order chi connectivity index (χ1) is 16.5. The zero-order valence-corrected chi connectivity index (χ0v) is 20.0. The standard InChI is InChI=1S/C25H27F3N4O3/c1-15-12-20-21(13-16(15)2)32(24(34)22(29-20)25(26,27)28)17(3)23(33)31-10-8-30(9-11-31)18-6-5-7-19(14-18)35-4/h5-7,12-14,17H,8-11H2,1-4H3/t17-/m1/s1. The number of halogens is 3. The molecule has 1 saturated heterocycles. The van der Waals surface area contributed by atoms with Crippen LogP contribution in [0.1, 0.15) is 29.8 Å². The van der Waals surface area contributed by atoms with Crippen molar-refractivity contribution in [3.05, 3.63) is 63.6 Å². The third-order valence-electron chi connectivity index (χ3n) is 6.53. The molecule has 3 aromatic rings. The quantitative estimate of drug-likeness (QED) is 0.557. The highest BCUT2D eigenvalue weighted by Gasteiger charge is 2.39. The number of ether oxygens (including phenoxy) is 1. The van der Waals surface area contributed by atoms with E-state index >= 15 is 0 Å². The third-order valence-corrected chi connectivity index (χ3v) is 6.53. The molecule has 0 N–H and O–H groups in total. The Kier molecular flexibility index (Phi) is 6.48. The summed E-state index contributed by atoms with van der Waals surface area (Å²) in [6.45, 7) is 6.87. The molecule has 10 heteroatoms. The van der Waals surface area contributed by atoms with Gasteiger partial charge in [0, 0.05) is 37.9 Å². The topological polar surface area (TPSA) is 67.7 Å². The molecule has 1 aromatic heterocycles. The molecule has 2 aromatic carbocycles. The summed E-state index contributed by atoms with van der Waals surface area (Å²) in [5.74, 6) is 0.320. The van der Waals surface area contributed by atoms with Crippen molar-refractivity contribution in [2.24, 2.45) is 0 Å². The first-order valence-corrected chi connectivity index (χ1v) is 11.3. The van der Waals surface area contributed by atoms with Gasteiger partial charge in [-0.25, -0.2) is 4.98 Å². The van der Waals surface area contributed by atoms with Crippen LogP contribution in [0.4, 0.5) is 18.9 Å². The Bertz CT molecular complexity index is 1330. The molecule has 0 aliphatic carbocycles. The molecular formula is C25H27F3N4O3. The van der Waals surface area contributed by atoms with Gasteiger partial charge in [0.25, 0.3) is 5.56 Å². The first-order valence-electron chi connectivity index (χ1n) is 11.3. The van der Waals surface area contributed by atoms with Gasteiger partial charge >= 0.3 is 6.18 Å². The van der Waals surface area contributed by atoms with Crippen LogP contribution in [-0.4, -0.2) is 53.6 Å². The van der Waals surface area contributed by atoms with E-state index in [9.17, 15) is 22.8 Å². The van der Waals surface area contributed by atoms with E-state index in [1.807, 2.05) is 24.3 Å². The number of piperazine rings is 1. The fraction of sp³-hybridized carbons (Fsp3) is 0.400. The lowest BCUT2D eigenvalue weighted by Gasteiger charge is -2.37. The monoisotopic (exact) mass is 488 g/mol. The number of anilines is 1. The molecule has 2 heterocycles. The molecule has 1 fully saturated rings. The predicted molar refractivity (Wildman–Crippen MR) is 127 cm³/mol. The minimum Gasteiger partial charge on any atom is -0.497 e. The summed E-state index contributed by atoms with van der Waals surface area (Å²) in [4.78, 5) is 33.6. The number of fused-ring (bicyclic) bond motifs is 1. The van der Waals surface area contributed by atoms with Gasteiger partial charge < -0.3 is 14.5 Å². The SMILES string of the molecule is COc1cccc(N2CCN(C(=O)[C@@H](C)n3c(=O)c(C(F)(F)F)nc4cc(C)c(C)cc43)CC2)c1. The number of nitrogens with zero attached hydrogens (tertiary/aromatic N) is 4. The summed E-state index contributed by atoms with van der Waals surface area (Å²) >= 11 is 0. The molecule has 0 bridgehead atoms. The smallest absolute Gasteiger partial charge is 0.438 e. The Labute approximate surface area is 200 Å². The van der Waals surface area contributed by atoms with Gasteiger partial charge in [-0.2, -0.15) is 13.2 Å². The fourth-order valence-electron chi connectivity index (χ4n) is 4.40. The maximum atomic E-state index is 13.6. The molecule has 1 amide bonds. The predicted octanol–water partition coefficient (Wildman–Crippen LogP) is 3.95. The van der Waals surface area contributed by atoms with Crippen LogP contribution in [0.25, 0.3) is 11.0 Å². The fourth-order valence-corrected chi connectivity index (χ4v) is 4.40. The summed E-state index contributed by atoms with van der Waals surface area (Å²) < 4.78 is 47.1. The summed E-state index contributed by atoms with van der Waals surface area (Å²) in [6.07, 6.45) is -4.93. The van der Waals surface area contributed by atoms with E-state index in [1.165, 1.54) is 13.0 Å². The van der Waals surface area contributed by atoms with Gasteiger partial charge in [-0.1, -0.05) is 6.07 Å². The van der Waals surface area contributed by atoms with Crippen LogP contribution >= 0.6 is 0 Å². The van der Waals surface area contributed by atoms with Gasteiger partial charge in [0.15, 0.2) is 0 Å². The number of alkyl halides is 3. The van der Waals surface area contributed by atoms with Crippen molar-refractivity contribution in [2.45, 2.75) is 33.0 Å². The van der Waals surface area contributed by atoms with E-state index in [4.69, 9.17) is 4.74 Å². The van der Waals surface area contributed by atoms with Crippen LogP contribution in [0.3, 0.4) is 0 Å². The van der Waals surface area contributed by atoms with Crippen molar-refractivity contribution in [1.29, 1.82) is 0 Å². The molecule has 0 unspecified atom stereocenters. The van der Waals surface area contributed by atoms with E-state index < -0.39 is 29.4 Å². The maximum absolute atomic E-state index is 13.6.